The first-order chi connectivity index (χ1) is 5.17. The van der Waals surface area contributed by atoms with Crippen LogP contribution in [0, 0.1) is 11.3 Å². The molecule has 0 radical (unpaired) electrons. The van der Waals surface area contributed by atoms with Crippen molar-refractivity contribution >= 4 is 0 Å². The van der Waals surface area contributed by atoms with E-state index in [1.54, 1.807) is 0 Å². The zero-order valence-corrected chi connectivity index (χ0v) is 8.32. The molecule has 0 aromatic heterocycles. The predicted molar refractivity (Wildman–Crippen MR) is 50.6 cm³/mol. The van der Waals surface area contributed by atoms with Gasteiger partial charge in [-0.05, 0) is 30.6 Å². The van der Waals surface area contributed by atoms with Gasteiger partial charge in [-0.25, -0.2) is 0 Å². The highest BCUT2D eigenvalue weighted by Crippen LogP contribution is 2.47. The Labute approximate surface area is 71.4 Å². The van der Waals surface area contributed by atoms with E-state index in [4.69, 9.17) is 0 Å². The molecule has 1 aliphatic carbocycles. The van der Waals surface area contributed by atoms with E-state index in [0.717, 1.165) is 5.92 Å². The maximum atomic E-state index is 2.44. The Morgan fingerprint density at radius 1 is 1.18 bits per heavy atom. The second-order valence-electron chi connectivity index (χ2n) is 4.72. The normalized spacial score (nSPS) is 18.8. The molecule has 0 atom stereocenters. The lowest BCUT2D eigenvalue weighted by molar-refractivity contribution is 0.273. The van der Waals surface area contributed by atoms with Gasteiger partial charge in [-0.15, -0.1) is 0 Å². The van der Waals surface area contributed by atoms with E-state index in [0.29, 0.717) is 5.41 Å². The molecule has 0 heterocycles. The van der Waals surface area contributed by atoms with Crippen LogP contribution in [0.25, 0.3) is 0 Å². The van der Waals surface area contributed by atoms with Gasteiger partial charge in [-0.1, -0.05) is 40.0 Å². The molecule has 0 spiro atoms. The minimum atomic E-state index is 0.662. The summed E-state index contributed by atoms with van der Waals surface area (Å²) in [6, 6.07) is 0. The SMILES string of the molecule is CCCCCC(C)(C)C1CC1. The standard InChI is InChI=1S/C11H22/c1-4-5-6-9-11(2,3)10-7-8-10/h10H,4-9H2,1-3H3. The van der Waals surface area contributed by atoms with Gasteiger partial charge in [-0.3, -0.25) is 0 Å². The van der Waals surface area contributed by atoms with Crippen molar-refractivity contribution in [3.8, 4) is 0 Å². The molecule has 1 saturated carbocycles. The highest BCUT2D eigenvalue weighted by atomic mass is 14.4. The lowest BCUT2D eigenvalue weighted by atomic mass is 9.82. The van der Waals surface area contributed by atoms with Gasteiger partial charge in [0.25, 0.3) is 0 Å². The van der Waals surface area contributed by atoms with Crippen molar-refractivity contribution in [1.82, 2.24) is 0 Å². The summed E-state index contributed by atoms with van der Waals surface area (Å²) in [5.41, 5.74) is 0.662. The maximum absolute atomic E-state index is 2.44. The Kier molecular flexibility index (Phi) is 2.98. The van der Waals surface area contributed by atoms with E-state index in [1.165, 1.54) is 38.5 Å². The Hall–Kier alpha value is 0. The summed E-state index contributed by atoms with van der Waals surface area (Å²) in [6.07, 6.45) is 8.68. The molecule has 0 aliphatic heterocycles. The lowest BCUT2D eigenvalue weighted by Gasteiger charge is -2.23. The molecule has 1 rings (SSSR count). The first kappa shape index (κ1) is 9.09. The van der Waals surface area contributed by atoms with Crippen LogP contribution in [0.1, 0.15) is 59.3 Å². The third kappa shape index (κ3) is 2.84. The van der Waals surface area contributed by atoms with E-state index in [-0.39, 0.29) is 0 Å². The van der Waals surface area contributed by atoms with E-state index >= 15 is 0 Å². The van der Waals surface area contributed by atoms with Crippen molar-refractivity contribution in [1.29, 1.82) is 0 Å². The fourth-order valence-electron chi connectivity index (χ4n) is 1.90. The Morgan fingerprint density at radius 2 is 1.82 bits per heavy atom. The molecule has 0 heteroatoms. The molecule has 1 aliphatic rings. The lowest BCUT2D eigenvalue weighted by Crippen LogP contribution is -2.13. The van der Waals surface area contributed by atoms with Crippen LogP contribution < -0.4 is 0 Å². The molecule has 0 nitrogen and oxygen atoms in total. The van der Waals surface area contributed by atoms with Crippen LogP contribution in [0.5, 0.6) is 0 Å². The summed E-state index contributed by atoms with van der Waals surface area (Å²) in [6.45, 7) is 7.17. The average Bonchev–Trinajstić information content (AvgIpc) is 2.68. The van der Waals surface area contributed by atoms with Crippen molar-refractivity contribution in [2.24, 2.45) is 11.3 Å². The molecular weight excluding hydrogens is 132 g/mol. The van der Waals surface area contributed by atoms with Crippen molar-refractivity contribution in [2.75, 3.05) is 0 Å². The minimum absolute atomic E-state index is 0.662. The molecule has 0 aromatic carbocycles. The fourth-order valence-corrected chi connectivity index (χ4v) is 1.90. The van der Waals surface area contributed by atoms with Gasteiger partial charge in [0.05, 0.1) is 0 Å². The average molecular weight is 154 g/mol. The molecule has 0 saturated heterocycles. The zero-order chi connectivity index (χ0) is 8.32. The molecule has 0 unspecified atom stereocenters. The van der Waals surface area contributed by atoms with Crippen LogP contribution in [0.3, 0.4) is 0 Å². The van der Waals surface area contributed by atoms with Crippen LogP contribution in [0.2, 0.25) is 0 Å². The largest absolute Gasteiger partial charge is 0.0654 e. The summed E-state index contributed by atoms with van der Waals surface area (Å²) in [5, 5.41) is 0. The van der Waals surface area contributed by atoms with Gasteiger partial charge < -0.3 is 0 Å². The van der Waals surface area contributed by atoms with Crippen LogP contribution in [0.4, 0.5) is 0 Å². The Bertz CT molecular complexity index is 109. The van der Waals surface area contributed by atoms with Gasteiger partial charge in [0.1, 0.15) is 0 Å². The second kappa shape index (κ2) is 3.60. The van der Waals surface area contributed by atoms with E-state index in [1.807, 2.05) is 0 Å². The van der Waals surface area contributed by atoms with Gasteiger partial charge in [-0.2, -0.15) is 0 Å². The molecule has 0 N–H and O–H groups in total. The smallest absolute Gasteiger partial charge is 0.0326 e. The fraction of sp³-hybridized carbons (Fsp3) is 1.00. The quantitative estimate of drug-likeness (QED) is 0.525. The summed E-state index contributed by atoms with van der Waals surface area (Å²) in [4.78, 5) is 0. The highest BCUT2D eigenvalue weighted by molar-refractivity contribution is 4.87. The van der Waals surface area contributed by atoms with E-state index in [2.05, 4.69) is 20.8 Å². The molecule has 66 valence electrons. The van der Waals surface area contributed by atoms with Gasteiger partial charge >= 0.3 is 0 Å². The van der Waals surface area contributed by atoms with E-state index < -0.39 is 0 Å². The summed E-state index contributed by atoms with van der Waals surface area (Å²) in [7, 11) is 0. The van der Waals surface area contributed by atoms with Crippen molar-refractivity contribution < 1.29 is 0 Å². The van der Waals surface area contributed by atoms with Crippen LogP contribution >= 0.6 is 0 Å². The topological polar surface area (TPSA) is 0 Å². The number of hydrogen-bond acceptors (Lipinski definition) is 0. The molecule has 11 heavy (non-hydrogen) atoms. The zero-order valence-electron chi connectivity index (χ0n) is 8.32. The number of hydrogen-bond donors (Lipinski definition) is 0. The third-order valence-corrected chi connectivity index (χ3v) is 3.11. The van der Waals surface area contributed by atoms with Crippen molar-refractivity contribution in [3.05, 3.63) is 0 Å². The van der Waals surface area contributed by atoms with Gasteiger partial charge in [0, 0.05) is 0 Å². The van der Waals surface area contributed by atoms with Crippen LogP contribution in [-0.4, -0.2) is 0 Å². The third-order valence-electron chi connectivity index (χ3n) is 3.11. The van der Waals surface area contributed by atoms with E-state index in [9.17, 15) is 0 Å². The van der Waals surface area contributed by atoms with Crippen molar-refractivity contribution in [2.45, 2.75) is 59.3 Å². The molecule has 0 amide bonds. The van der Waals surface area contributed by atoms with Crippen molar-refractivity contribution in [3.63, 3.8) is 0 Å². The minimum Gasteiger partial charge on any atom is -0.0654 e. The van der Waals surface area contributed by atoms with Gasteiger partial charge in [0.2, 0.25) is 0 Å². The Balaban J connectivity index is 2.12. The Morgan fingerprint density at radius 3 is 2.27 bits per heavy atom. The summed E-state index contributed by atoms with van der Waals surface area (Å²) in [5.74, 6) is 1.07. The number of rotatable bonds is 5. The predicted octanol–water partition coefficient (Wildman–Crippen LogP) is 4.00. The monoisotopic (exact) mass is 154 g/mol. The molecule has 0 bridgehead atoms. The van der Waals surface area contributed by atoms with Gasteiger partial charge in [0.15, 0.2) is 0 Å². The maximum Gasteiger partial charge on any atom is -0.0326 e. The summed E-state index contributed by atoms with van der Waals surface area (Å²) >= 11 is 0. The second-order valence-corrected chi connectivity index (χ2v) is 4.72. The first-order valence-electron chi connectivity index (χ1n) is 5.17. The highest BCUT2D eigenvalue weighted by Gasteiger charge is 2.36. The molecular formula is C11H22. The van der Waals surface area contributed by atoms with Crippen LogP contribution in [-0.2, 0) is 0 Å². The number of unbranched alkanes of at least 4 members (excludes halogenated alkanes) is 2. The first-order valence-corrected chi connectivity index (χ1v) is 5.17. The van der Waals surface area contributed by atoms with Crippen LogP contribution in [0.15, 0.2) is 0 Å². The molecule has 1 fully saturated rings. The summed E-state index contributed by atoms with van der Waals surface area (Å²) < 4.78 is 0. The molecule has 0 aromatic rings.